The first-order valence-corrected chi connectivity index (χ1v) is 3.89. The van der Waals surface area contributed by atoms with Gasteiger partial charge in [0.1, 0.15) is 6.10 Å². The van der Waals surface area contributed by atoms with Crippen molar-refractivity contribution in [3.05, 3.63) is 0 Å². The van der Waals surface area contributed by atoms with Gasteiger partial charge in [0.05, 0.1) is 26.7 Å². The van der Waals surface area contributed by atoms with E-state index in [9.17, 15) is 9.59 Å². The molecule has 2 N–H and O–H groups in total. The quantitative estimate of drug-likeness (QED) is 0.329. The maximum absolute atomic E-state index is 11.2. The van der Waals surface area contributed by atoms with E-state index >= 15 is 0 Å². The number of rotatable bonds is 2. The van der Waals surface area contributed by atoms with Crippen molar-refractivity contribution in [3.63, 3.8) is 0 Å². The molecule has 13 heavy (non-hydrogen) atoms. The Morgan fingerprint density at radius 1 is 1.85 bits per heavy atom. The number of hydrogen-bond acceptors (Lipinski definition) is 5. The van der Waals surface area contributed by atoms with Gasteiger partial charge < -0.3 is 9.47 Å². The normalized spacial score (nSPS) is 23.1. The molecule has 0 spiro atoms. The molecule has 0 aromatic carbocycles. The fraction of sp³-hybridized carbons (Fsp3) is 0.714. The van der Waals surface area contributed by atoms with Crippen LogP contribution < -0.4 is 5.84 Å². The largest absolute Gasteiger partial charge is 0.469 e. The first-order valence-electron chi connectivity index (χ1n) is 3.89. The summed E-state index contributed by atoms with van der Waals surface area (Å²) in [5, 5.41) is 1.05. The molecule has 0 aliphatic carbocycles. The van der Waals surface area contributed by atoms with Gasteiger partial charge in [-0.25, -0.2) is 5.84 Å². The average molecular weight is 188 g/mol. The van der Waals surface area contributed by atoms with Crippen LogP contribution in [0.3, 0.4) is 0 Å². The van der Waals surface area contributed by atoms with Crippen LogP contribution in [0.15, 0.2) is 0 Å². The van der Waals surface area contributed by atoms with E-state index in [0.29, 0.717) is 13.2 Å². The van der Waals surface area contributed by atoms with Crippen molar-refractivity contribution in [2.45, 2.75) is 12.5 Å². The van der Waals surface area contributed by atoms with Gasteiger partial charge in [0.25, 0.3) is 5.91 Å². The van der Waals surface area contributed by atoms with Crippen LogP contribution in [0.5, 0.6) is 0 Å². The summed E-state index contributed by atoms with van der Waals surface area (Å²) >= 11 is 0. The second-order valence-electron chi connectivity index (χ2n) is 2.67. The van der Waals surface area contributed by atoms with Crippen molar-refractivity contribution in [3.8, 4) is 0 Å². The minimum Gasteiger partial charge on any atom is -0.469 e. The molecule has 0 aromatic heterocycles. The molecule has 1 aliphatic rings. The summed E-state index contributed by atoms with van der Waals surface area (Å²) in [7, 11) is 1.26. The third-order valence-electron chi connectivity index (χ3n) is 1.79. The zero-order chi connectivity index (χ0) is 9.84. The fourth-order valence-corrected chi connectivity index (χ4v) is 1.04. The Kier molecular flexibility index (Phi) is 3.21. The Bertz CT molecular complexity index is 219. The lowest BCUT2D eigenvalue weighted by Gasteiger charge is -2.28. The molecule has 0 radical (unpaired) electrons. The molecule has 0 saturated carbocycles. The van der Waals surface area contributed by atoms with Gasteiger partial charge in [-0.05, 0) is 0 Å². The van der Waals surface area contributed by atoms with Gasteiger partial charge in [-0.3, -0.25) is 14.6 Å². The average Bonchev–Trinajstić information content (AvgIpc) is 2.13. The van der Waals surface area contributed by atoms with E-state index in [1.807, 2.05) is 0 Å². The maximum atomic E-state index is 11.2. The van der Waals surface area contributed by atoms with E-state index in [2.05, 4.69) is 4.74 Å². The number of hydrogen-bond donors (Lipinski definition) is 1. The highest BCUT2D eigenvalue weighted by Crippen LogP contribution is 2.07. The summed E-state index contributed by atoms with van der Waals surface area (Å²) in [5.41, 5.74) is 0. The van der Waals surface area contributed by atoms with Gasteiger partial charge in [0.15, 0.2) is 0 Å². The molecule has 0 bridgehead atoms. The second-order valence-corrected chi connectivity index (χ2v) is 2.67. The van der Waals surface area contributed by atoms with Crippen molar-refractivity contribution < 1.29 is 19.1 Å². The van der Waals surface area contributed by atoms with Crippen molar-refractivity contribution in [2.75, 3.05) is 20.3 Å². The zero-order valence-electron chi connectivity index (χ0n) is 7.36. The molecule has 1 rings (SSSR count). The highest BCUT2D eigenvalue weighted by molar-refractivity contribution is 5.85. The Balaban J connectivity index is 2.49. The Labute approximate surface area is 75.5 Å². The molecule has 6 nitrogen and oxygen atoms in total. The van der Waals surface area contributed by atoms with Crippen LogP contribution in [-0.2, 0) is 19.1 Å². The van der Waals surface area contributed by atoms with Crippen LogP contribution in [0, 0.1) is 0 Å². The number of morpholine rings is 1. The number of nitrogens with zero attached hydrogens (tertiary/aromatic N) is 1. The summed E-state index contributed by atoms with van der Waals surface area (Å²) in [4.78, 5) is 22.1. The predicted octanol–water partition coefficient (Wildman–Crippen LogP) is -1.35. The predicted molar refractivity (Wildman–Crippen MR) is 42.3 cm³/mol. The fourth-order valence-electron chi connectivity index (χ4n) is 1.04. The van der Waals surface area contributed by atoms with E-state index in [4.69, 9.17) is 10.6 Å². The summed E-state index contributed by atoms with van der Waals surface area (Å²) in [6.07, 6.45) is -0.866. The SMILES string of the molecule is COC(=O)CC1OCCN(N)C1=O. The zero-order valence-corrected chi connectivity index (χ0v) is 7.36. The molecule has 1 saturated heterocycles. The molecule has 1 atom stereocenters. The van der Waals surface area contributed by atoms with Crippen molar-refractivity contribution in [2.24, 2.45) is 5.84 Å². The van der Waals surface area contributed by atoms with E-state index < -0.39 is 12.1 Å². The molecular formula is C7H12N2O4. The minimum absolute atomic E-state index is 0.0803. The number of hydrazine groups is 1. The first-order chi connectivity index (χ1) is 6.15. The molecule has 74 valence electrons. The van der Waals surface area contributed by atoms with E-state index in [-0.39, 0.29) is 12.3 Å². The van der Waals surface area contributed by atoms with Crippen molar-refractivity contribution >= 4 is 11.9 Å². The number of carbonyl (C=O) groups excluding carboxylic acids is 2. The van der Waals surface area contributed by atoms with Gasteiger partial charge in [-0.1, -0.05) is 0 Å². The summed E-state index contributed by atoms with van der Waals surface area (Å²) < 4.78 is 9.47. The lowest BCUT2D eigenvalue weighted by Crippen LogP contribution is -2.51. The van der Waals surface area contributed by atoms with Crippen LogP contribution in [0.4, 0.5) is 0 Å². The second kappa shape index (κ2) is 4.20. The molecular weight excluding hydrogens is 176 g/mol. The van der Waals surface area contributed by atoms with E-state index in [0.717, 1.165) is 5.01 Å². The summed E-state index contributed by atoms with van der Waals surface area (Å²) in [6, 6.07) is 0. The molecule has 6 heteroatoms. The number of methoxy groups -OCH3 is 1. The van der Waals surface area contributed by atoms with Gasteiger partial charge in [-0.15, -0.1) is 0 Å². The smallest absolute Gasteiger partial charge is 0.308 e. The van der Waals surface area contributed by atoms with Gasteiger partial charge >= 0.3 is 5.97 Å². The Morgan fingerprint density at radius 3 is 3.15 bits per heavy atom. The molecule has 0 aromatic rings. The van der Waals surface area contributed by atoms with Gasteiger partial charge in [-0.2, -0.15) is 0 Å². The van der Waals surface area contributed by atoms with Crippen LogP contribution >= 0.6 is 0 Å². The van der Waals surface area contributed by atoms with E-state index in [1.165, 1.54) is 7.11 Å². The molecule has 1 fully saturated rings. The standard InChI is InChI=1S/C7H12N2O4/c1-12-6(10)4-5-7(11)9(8)2-3-13-5/h5H,2-4,8H2,1H3. The van der Waals surface area contributed by atoms with Gasteiger partial charge in [0, 0.05) is 0 Å². The topological polar surface area (TPSA) is 81.9 Å². The lowest BCUT2D eigenvalue weighted by atomic mass is 10.2. The maximum Gasteiger partial charge on any atom is 0.308 e. The van der Waals surface area contributed by atoms with Crippen LogP contribution in [0.2, 0.25) is 0 Å². The minimum atomic E-state index is -0.786. The Morgan fingerprint density at radius 2 is 2.54 bits per heavy atom. The monoisotopic (exact) mass is 188 g/mol. The molecule has 1 unspecified atom stereocenters. The Hall–Kier alpha value is -1.14. The highest BCUT2D eigenvalue weighted by atomic mass is 16.5. The van der Waals surface area contributed by atoms with Crippen LogP contribution in [0.1, 0.15) is 6.42 Å². The number of amides is 1. The van der Waals surface area contributed by atoms with Crippen molar-refractivity contribution in [1.29, 1.82) is 0 Å². The third-order valence-corrected chi connectivity index (χ3v) is 1.79. The third kappa shape index (κ3) is 2.40. The van der Waals surface area contributed by atoms with Crippen molar-refractivity contribution in [1.82, 2.24) is 5.01 Å². The molecule has 1 aliphatic heterocycles. The van der Waals surface area contributed by atoms with Crippen LogP contribution in [-0.4, -0.2) is 43.3 Å². The number of ether oxygens (including phenoxy) is 2. The molecule has 1 amide bonds. The molecule has 1 heterocycles. The number of esters is 1. The van der Waals surface area contributed by atoms with Gasteiger partial charge in [0.2, 0.25) is 0 Å². The first kappa shape index (κ1) is 9.94. The number of nitrogens with two attached hydrogens (primary N) is 1. The summed E-state index contributed by atoms with van der Waals surface area (Å²) in [6.45, 7) is 0.709. The lowest BCUT2D eigenvalue weighted by molar-refractivity contribution is -0.160. The highest BCUT2D eigenvalue weighted by Gasteiger charge is 2.30. The van der Waals surface area contributed by atoms with E-state index in [1.54, 1.807) is 0 Å². The number of carbonyl (C=O) groups is 2. The van der Waals surface area contributed by atoms with Crippen LogP contribution in [0.25, 0.3) is 0 Å². The summed E-state index contributed by atoms with van der Waals surface area (Å²) in [5.74, 6) is 4.48.